The van der Waals surface area contributed by atoms with E-state index < -0.39 is 21.6 Å². The van der Waals surface area contributed by atoms with Crippen LogP contribution in [0.15, 0.2) is 71.3 Å². The lowest BCUT2D eigenvalue weighted by Crippen LogP contribution is -2.20. The van der Waals surface area contributed by atoms with E-state index in [4.69, 9.17) is 0 Å². The van der Waals surface area contributed by atoms with E-state index in [0.717, 1.165) is 16.1 Å². The van der Waals surface area contributed by atoms with Crippen LogP contribution in [0.1, 0.15) is 10.5 Å². The Labute approximate surface area is 161 Å². The molecule has 0 aliphatic carbocycles. The number of carbonyl (C=O) groups excluding carboxylic acids is 1. The first-order chi connectivity index (χ1) is 13.3. The maximum absolute atomic E-state index is 13.7. The van der Waals surface area contributed by atoms with Crippen LogP contribution < -0.4 is 0 Å². The van der Waals surface area contributed by atoms with Crippen molar-refractivity contribution in [2.45, 2.75) is 4.90 Å². The first-order valence-electron chi connectivity index (χ1n) is 8.20. The number of halogens is 1. The lowest BCUT2D eigenvalue weighted by atomic mass is 10.1. The molecule has 0 spiro atoms. The van der Waals surface area contributed by atoms with Crippen LogP contribution in [0.25, 0.3) is 10.9 Å². The Morgan fingerprint density at radius 2 is 1.82 bits per heavy atom. The minimum absolute atomic E-state index is 0.0269. The smallest absolute Gasteiger partial charge is 0.268 e. The topological polar surface area (TPSA) is 83.2 Å². The molecule has 0 aliphatic heterocycles. The van der Waals surface area contributed by atoms with Gasteiger partial charge in [0.25, 0.3) is 10.0 Å². The molecule has 0 amide bonds. The standard InChI is InChI=1S/C20H16FN3O3S/c1-23(2)13-15(12-22)20(25)19-11-14-10-16(21)8-9-18(14)24(19)28(26,27)17-6-4-3-5-7-17/h3-11,13H,1-2H3/b15-13+. The highest BCUT2D eigenvalue weighted by Gasteiger charge is 2.28. The monoisotopic (exact) mass is 397 g/mol. The Hall–Kier alpha value is -3.44. The third kappa shape index (κ3) is 3.40. The van der Waals surface area contributed by atoms with Crippen molar-refractivity contribution in [3.63, 3.8) is 0 Å². The third-order valence-electron chi connectivity index (χ3n) is 3.99. The van der Waals surface area contributed by atoms with Gasteiger partial charge in [0.15, 0.2) is 0 Å². The Morgan fingerprint density at radius 1 is 1.14 bits per heavy atom. The highest BCUT2D eigenvalue weighted by Crippen LogP contribution is 2.28. The summed E-state index contributed by atoms with van der Waals surface area (Å²) in [5.41, 5.74) is -0.326. The van der Waals surface area contributed by atoms with Crippen molar-refractivity contribution in [2.75, 3.05) is 14.1 Å². The molecule has 0 saturated carbocycles. The highest BCUT2D eigenvalue weighted by molar-refractivity contribution is 7.90. The number of hydrogen-bond donors (Lipinski definition) is 0. The number of carbonyl (C=O) groups is 1. The number of hydrogen-bond acceptors (Lipinski definition) is 5. The number of benzene rings is 2. The molecule has 0 aliphatic rings. The summed E-state index contributed by atoms with van der Waals surface area (Å²) in [4.78, 5) is 14.5. The fraction of sp³-hybridized carbons (Fsp3) is 0.100. The Morgan fingerprint density at radius 3 is 2.43 bits per heavy atom. The van der Waals surface area contributed by atoms with E-state index in [2.05, 4.69) is 0 Å². The van der Waals surface area contributed by atoms with Crippen LogP contribution in [0, 0.1) is 17.1 Å². The van der Waals surface area contributed by atoms with Gasteiger partial charge in [0, 0.05) is 25.7 Å². The van der Waals surface area contributed by atoms with E-state index in [0.29, 0.717) is 0 Å². The summed E-state index contributed by atoms with van der Waals surface area (Å²) in [6, 6.07) is 14.2. The summed E-state index contributed by atoms with van der Waals surface area (Å²) in [6.07, 6.45) is 1.31. The predicted molar refractivity (Wildman–Crippen MR) is 103 cm³/mol. The SMILES string of the molecule is CN(C)/C=C(\C#N)C(=O)c1cc2cc(F)ccc2n1S(=O)(=O)c1ccccc1. The molecule has 3 aromatic rings. The van der Waals surface area contributed by atoms with E-state index >= 15 is 0 Å². The van der Waals surface area contributed by atoms with E-state index in [1.807, 2.05) is 0 Å². The van der Waals surface area contributed by atoms with E-state index in [9.17, 15) is 22.9 Å². The molecule has 0 radical (unpaired) electrons. The van der Waals surface area contributed by atoms with Gasteiger partial charge in [-0.25, -0.2) is 16.8 Å². The summed E-state index contributed by atoms with van der Waals surface area (Å²) in [7, 11) is -0.887. The van der Waals surface area contributed by atoms with Crippen molar-refractivity contribution in [2.24, 2.45) is 0 Å². The zero-order valence-corrected chi connectivity index (χ0v) is 15.9. The van der Waals surface area contributed by atoms with Crippen molar-refractivity contribution < 1.29 is 17.6 Å². The molecule has 0 bridgehead atoms. The molecule has 0 unspecified atom stereocenters. The number of aromatic nitrogens is 1. The number of ketones is 1. The normalized spacial score (nSPS) is 12.0. The van der Waals surface area contributed by atoms with Gasteiger partial charge in [-0.05, 0) is 36.4 Å². The van der Waals surface area contributed by atoms with Crippen LogP contribution in [-0.4, -0.2) is 37.2 Å². The van der Waals surface area contributed by atoms with Crippen LogP contribution >= 0.6 is 0 Å². The molecular weight excluding hydrogens is 381 g/mol. The maximum atomic E-state index is 13.7. The largest absolute Gasteiger partial charge is 0.382 e. The molecule has 28 heavy (non-hydrogen) atoms. The van der Waals surface area contributed by atoms with Crippen molar-refractivity contribution >= 4 is 26.7 Å². The van der Waals surface area contributed by atoms with Gasteiger partial charge < -0.3 is 4.90 Å². The molecule has 142 valence electrons. The first kappa shape index (κ1) is 19.3. The number of fused-ring (bicyclic) bond motifs is 1. The quantitative estimate of drug-likeness (QED) is 0.375. The minimum atomic E-state index is -4.16. The van der Waals surface area contributed by atoms with E-state index in [-0.39, 0.29) is 27.1 Å². The van der Waals surface area contributed by atoms with Crippen LogP contribution in [0.3, 0.4) is 0 Å². The number of allylic oxidation sites excluding steroid dienone is 1. The van der Waals surface area contributed by atoms with Gasteiger partial charge >= 0.3 is 0 Å². The summed E-state index contributed by atoms with van der Waals surface area (Å²) >= 11 is 0. The minimum Gasteiger partial charge on any atom is -0.382 e. The van der Waals surface area contributed by atoms with Gasteiger partial charge in [0.2, 0.25) is 5.78 Å². The van der Waals surface area contributed by atoms with E-state index in [1.54, 1.807) is 38.4 Å². The van der Waals surface area contributed by atoms with Gasteiger partial charge in [-0.2, -0.15) is 5.26 Å². The molecule has 8 heteroatoms. The third-order valence-corrected chi connectivity index (χ3v) is 5.73. The van der Waals surface area contributed by atoms with Crippen LogP contribution in [0.4, 0.5) is 4.39 Å². The molecule has 1 aromatic heterocycles. The van der Waals surface area contributed by atoms with Gasteiger partial charge in [-0.3, -0.25) is 4.79 Å². The van der Waals surface area contributed by atoms with Gasteiger partial charge in [-0.1, -0.05) is 18.2 Å². The Balaban J connectivity index is 2.34. The van der Waals surface area contributed by atoms with Gasteiger partial charge in [-0.15, -0.1) is 0 Å². The van der Waals surface area contributed by atoms with Crippen molar-refractivity contribution in [1.29, 1.82) is 5.26 Å². The van der Waals surface area contributed by atoms with Crippen LogP contribution in [-0.2, 0) is 10.0 Å². The Bertz CT molecular complexity index is 1240. The summed E-state index contributed by atoms with van der Waals surface area (Å²) in [6.45, 7) is 0. The van der Waals surface area contributed by atoms with Crippen molar-refractivity contribution in [3.8, 4) is 6.07 Å². The molecule has 0 atom stereocenters. The average molecular weight is 397 g/mol. The second kappa shape index (κ2) is 7.29. The van der Waals surface area contributed by atoms with Crippen LogP contribution in [0.2, 0.25) is 0 Å². The molecule has 2 aromatic carbocycles. The molecule has 6 nitrogen and oxygen atoms in total. The second-order valence-electron chi connectivity index (χ2n) is 6.26. The lowest BCUT2D eigenvalue weighted by molar-refractivity contribution is 0.103. The number of nitrogens with zero attached hydrogens (tertiary/aromatic N) is 3. The molecular formula is C20H16FN3O3S. The van der Waals surface area contributed by atoms with Crippen molar-refractivity contribution in [3.05, 3.63) is 77.9 Å². The first-order valence-corrected chi connectivity index (χ1v) is 9.64. The zero-order valence-electron chi connectivity index (χ0n) is 15.1. The second-order valence-corrected chi connectivity index (χ2v) is 8.05. The zero-order chi connectivity index (χ0) is 20.5. The molecule has 1 heterocycles. The molecule has 0 saturated heterocycles. The van der Waals surface area contributed by atoms with Crippen LogP contribution in [0.5, 0.6) is 0 Å². The summed E-state index contributed by atoms with van der Waals surface area (Å²) in [5, 5.41) is 9.59. The van der Waals surface area contributed by atoms with Crippen molar-refractivity contribution in [1.82, 2.24) is 8.87 Å². The van der Waals surface area contributed by atoms with E-state index in [1.165, 1.54) is 35.4 Å². The fourth-order valence-electron chi connectivity index (χ4n) is 2.81. The van der Waals surface area contributed by atoms with Gasteiger partial charge in [0.05, 0.1) is 10.4 Å². The van der Waals surface area contributed by atoms with Gasteiger partial charge in [0.1, 0.15) is 23.2 Å². The molecule has 0 N–H and O–H groups in total. The number of Topliss-reactive ketones (excluding diaryl/α,β-unsaturated/α-hetero) is 1. The average Bonchev–Trinajstić information content (AvgIpc) is 3.05. The maximum Gasteiger partial charge on any atom is 0.268 e. The predicted octanol–water partition coefficient (Wildman–Crippen LogP) is 3.17. The highest BCUT2D eigenvalue weighted by atomic mass is 32.2. The fourth-order valence-corrected chi connectivity index (χ4v) is 4.34. The molecule has 0 fully saturated rings. The number of nitriles is 1. The Kier molecular flexibility index (Phi) is 5.03. The summed E-state index contributed by atoms with van der Waals surface area (Å²) < 4.78 is 41.1. The molecule has 3 rings (SSSR count). The number of rotatable bonds is 5. The lowest BCUT2D eigenvalue weighted by Gasteiger charge is -2.12. The summed E-state index contributed by atoms with van der Waals surface area (Å²) in [5.74, 6) is -1.34.